The Hall–Kier alpha value is -1.74. The van der Waals surface area contributed by atoms with Crippen molar-refractivity contribution in [3.8, 4) is 0 Å². The van der Waals surface area contributed by atoms with E-state index in [2.05, 4.69) is 55.5 Å². The van der Waals surface area contributed by atoms with Gasteiger partial charge in [-0.25, -0.2) is 0 Å². The average Bonchev–Trinajstić information content (AvgIpc) is 2.64. The van der Waals surface area contributed by atoms with Crippen molar-refractivity contribution in [1.82, 2.24) is 4.90 Å². The number of hydrogen-bond donors (Lipinski definition) is 0. The van der Waals surface area contributed by atoms with Gasteiger partial charge in [0.1, 0.15) is 0 Å². The molecule has 1 heterocycles. The summed E-state index contributed by atoms with van der Waals surface area (Å²) in [6.07, 6.45) is 2.27. The van der Waals surface area contributed by atoms with Crippen LogP contribution in [0.4, 0.5) is 0 Å². The molecule has 2 nitrogen and oxygen atoms in total. The van der Waals surface area contributed by atoms with Crippen LogP contribution in [0.2, 0.25) is 0 Å². The Morgan fingerprint density at radius 2 is 1.50 bits per heavy atom. The SMILES string of the molecule is CC1CCN(C(=O)CSC(c2ccccc2)c2ccccc2)CC1. The molecule has 2 aromatic carbocycles. The van der Waals surface area contributed by atoms with Gasteiger partial charge in [0.2, 0.25) is 5.91 Å². The van der Waals surface area contributed by atoms with Crippen molar-refractivity contribution in [1.29, 1.82) is 0 Å². The predicted molar refractivity (Wildman–Crippen MR) is 102 cm³/mol. The third-order valence-electron chi connectivity index (χ3n) is 4.71. The normalized spacial score (nSPS) is 15.7. The highest BCUT2D eigenvalue weighted by atomic mass is 32.2. The van der Waals surface area contributed by atoms with Crippen LogP contribution in [0, 0.1) is 5.92 Å². The van der Waals surface area contributed by atoms with Crippen molar-refractivity contribution in [3.63, 3.8) is 0 Å². The monoisotopic (exact) mass is 339 g/mol. The van der Waals surface area contributed by atoms with Crippen LogP contribution >= 0.6 is 11.8 Å². The Morgan fingerprint density at radius 1 is 1.00 bits per heavy atom. The summed E-state index contributed by atoms with van der Waals surface area (Å²) in [5.41, 5.74) is 2.52. The quantitative estimate of drug-likeness (QED) is 0.782. The van der Waals surface area contributed by atoms with Gasteiger partial charge in [-0.05, 0) is 29.9 Å². The van der Waals surface area contributed by atoms with Gasteiger partial charge in [0, 0.05) is 13.1 Å². The molecule has 1 aliphatic rings. The fourth-order valence-electron chi connectivity index (χ4n) is 3.14. The molecule has 0 aromatic heterocycles. The lowest BCUT2D eigenvalue weighted by Gasteiger charge is -2.30. The maximum atomic E-state index is 12.6. The number of likely N-dealkylation sites (tertiary alicyclic amines) is 1. The first-order valence-electron chi connectivity index (χ1n) is 8.73. The van der Waals surface area contributed by atoms with Crippen LogP contribution in [-0.4, -0.2) is 29.6 Å². The largest absolute Gasteiger partial charge is 0.342 e. The molecule has 2 aromatic rings. The van der Waals surface area contributed by atoms with E-state index in [4.69, 9.17) is 0 Å². The number of rotatable bonds is 5. The van der Waals surface area contributed by atoms with E-state index in [1.807, 2.05) is 17.0 Å². The van der Waals surface area contributed by atoms with Crippen molar-refractivity contribution in [2.24, 2.45) is 5.92 Å². The van der Waals surface area contributed by atoms with E-state index < -0.39 is 0 Å². The standard InChI is InChI=1S/C21H25NOS/c1-17-12-14-22(15-13-17)20(23)16-24-21(18-8-4-2-5-9-18)19-10-6-3-7-11-19/h2-11,17,21H,12-16H2,1H3. The summed E-state index contributed by atoms with van der Waals surface area (Å²) in [6, 6.07) is 21.0. The minimum Gasteiger partial charge on any atom is -0.342 e. The van der Waals surface area contributed by atoms with E-state index in [9.17, 15) is 4.79 Å². The lowest BCUT2D eigenvalue weighted by atomic mass is 9.99. The molecule has 0 unspecified atom stereocenters. The average molecular weight is 340 g/mol. The van der Waals surface area contributed by atoms with Gasteiger partial charge in [-0.2, -0.15) is 0 Å². The van der Waals surface area contributed by atoms with Crippen molar-refractivity contribution in [2.45, 2.75) is 25.0 Å². The van der Waals surface area contributed by atoms with Gasteiger partial charge in [-0.15, -0.1) is 11.8 Å². The van der Waals surface area contributed by atoms with Crippen molar-refractivity contribution in [2.75, 3.05) is 18.8 Å². The number of benzene rings is 2. The van der Waals surface area contributed by atoms with Gasteiger partial charge in [0.15, 0.2) is 0 Å². The Kier molecular flexibility index (Phi) is 5.97. The topological polar surface area (TPSA) is 20.3 Å². The number of piperidine rings is 1. The summed E-state index contributed by atoms with van der Waals surface area (Å²) in [7, 11) is 0. The first-order chi connectivity index (χ1) is 11.7. The van der Waals surface area contributed by atoms with Crippen LogP contribution in [0.5, 0.6) is 0 Å². The zero-order valence-electron chi connectivity index (χ0n) is 14.2. The van der Waals surface area contributed by atoms with Crippen LogP contribution < -0.4 is 0 Å². The summed E-state index contributed by atoms with van der Waals surface area (Å²) in [6.45, 7) is 4.11. The van der Waals surface area contributed by atoms with E-state index in [0.29, 0.717) is 5.75 Å². The molecule has 1 amide bonds. The molecule has 0 aliphatic carbocycles. The van der Waals surface area contributed by atoms with Crippen LogP contribution in [0.3, 0.4) is 0 Å². The van der Waals surface area contributed by atoms with E-state index in [0.717, 1.165) is 31.8 Å². The highest BCUT2D eigenvalue weighted by Gasteiger charge is 2.22. The smallest absolute Gasteiger partial charge is 0.232 e. The van der Waals surface area contributed by atoms with Gasteiger partial charge in [-0.3, -0.25) is 4.79 Å². The van der Waals surface area contributed by atoms with Gasteiger partial charge >= 0.3 is 0 Å². The van der Waals surface area contributed by atoms with Crippen LogP contribution in [0.25, 0.3) is 0 Å². The number of carbonyl (C=O) groups is 1. The summed E-state index contributed by atoms with van der Waals surface area (Å²) in [4.78, 5) is 14.6. The molecule has 126 valence electrons. The lowest BCUT2D eigenvalue weighted by Crippen LogP contribution is -2.39. The molecule has 1 saturated heterocycles. The maximum absolute atomic E-state index is 12.6. The zero-order valence-corrected chi connectivity index (χ0v) is 15.0. The molecule has 3 rings (SSSR count). The Balaban J connectivity index is 1.68. The molecule has 0 N–H and O–H groups in total. The second-order valence-corrected chi connectivity index (χ2v) is 7.67. The molecule has 1 aliphatic heterocycles. The summed E-state index contributed by atoms with van der Waals surface area (Å²) >= 11 is 1.74. The number of thioether (sulfide) groups is 1. The number of hydrogen-bond acceptors (Lipinski definition) is 2. The van der Waals surface area contributed by atoms with E-state index >= 15 is 0 Å². The highest BCUT2D eigenvalue weighted by Crippen LogP contribution is 2.35. The molecular formula is C21H25NOS. The molecule has 0 bridgehead atoms. The Morgan fingerprint density at radius 3 is 2.00 bits per heavy atom. The number of carbonyl (C=O) groups excluding carboxylic acids is 1. The van der Waals surface area contributed by atoms with Crippen molar-refractivity contribution < 1.29 is 4.79 Å². The summed E-state index contributed by atoms with van der Waals surface area (Å²) in [5.74, 6) is 1.58. The van der Waals surface area contributed by atoms with Crippen molar-refractivity contribution in [3.05, 3.63) is 71.8 Å². The zero-order chi connectivity index (χ0) is 16.8. The number of nitrogens with zero attached hydrogens (tertiary/aromatic N) is 1. The molecular weight excluding hydrogens is 314 g/mol. The van der Waals surface area contributed by atoms with Gasteiger partial charge < -0.3 is 4.90 Å². The first kappa shape index (κ1) is 17.1. The summed E-state index contributed by atoms with van der Waals surface area (Å²) < 4.78 is 0. The second kappa shape index (κ2) is 8.39. The van der Waals surface area contributed by atoms with E-state index in [-0.39, 0.29) is 11.2 Å². The summed E-state index contributed by atoms with van der Waals surface area (Å²) in [5, 5.41) is 0.208. The minimum atomic E-state index is 0.208. The van der Waals surface area contributed by atoms with Crippen molar-refractivity contribution >= 4 is 17.7 Å². The van der Waals surface area contributed by atoms with E-state index in [1.165, 1.54) is 11.1 Å². The van der Waals surface area contributed by atoms with Crippen LogP contribution in [0.15, 0.2) is 60.7 Å². The molecule has 0 saturated carbocycles. The number of amides is 1. The van der Waals surface area contributed by atoms with Gasteiger partial charge in [0.25, 0.3) is 0 Å². The van der Waals surface area contributed by atoms with Gasteiger partial charge in [0.05, 0.1) is 11.0 Å². The third-order valence-corrected chi connectivity index (χ3v) is 6.01. The minimum absolute atomic E-state index is 0.208. The molecule has 3 heteroatoms. The molecule has 0 atom stereocenters. The molecule has 0 spiro atoms. The molecule has 24 heavy (non-hydrogen) atoms. The molecule has 0 radical (unpaired) electrons. The maximum Gasteiger partial charge on any atom is 0.232 e. The lowest BCUT2D eigenvalue weighted by molar-refractivity contribution is -0.129. The van der Waals surface area contributed by atoms with Crippen LogP contribution in [-0.2, 0) is 4.79 Å². The molecule has 1 fully saturated rings. The second-order valence-electron chi connectivity index (χ2n) is 6.58. The fourth-order valence-corrected chi connectivity index (χ4v) is 4.34. The first-order valence-corrected chi connectivity index (χ1v) is 9.78. The third kappa shape index (κ3) is 4.41. The Bertz CT molecular complexity index is 596. The van der Waals surface area contributed by atoms with Crippen LogP contribution in [0.1, 0.15) is 36.1 Å². The van der Waals surface area contributed by atoms with E-state index in [1.54, 1.807) is 11.8 Å². The predicted octanol–water partition coefficient (Wildman–Crippen LogP) is 4.77. The Labute approximate surface area is 149 Å². The fraction of sp³-hybridized carbons (Fsp3) is 0.381. The van der Waals surface area contributed by atoms with Gasteiger partial charge in [-0.1, -0.05) is 67.6 Å². The highest BCUT2D eigenvalue weighted by molar-refractivity contribution is 8.00.